The summed E-state index contributed by atoms with van der Waals surface area (Å²) in [4.78, 5) is 39.4. The van der Waals surface area contributed by atoms with Crippen LogP contribution in [0.5, 0.6) is 5.75 Å². The van der Waals surface area contributed by atoms with Gasteiger partial charge in [-0.25, -0.2) is 0 Å². The van der Waals surface area contributed by atoms with E-state index >= 15 is 0 Å². The van der Waals surface area contributed by atoms with Gasteiger partial charge < -0.3 is 9.64 Å². The van der Waals surface area contributed by atoms with Crippen molar-refractivity contribution in [3.8, 4) is 5.75 Å². The van der Waals surface area contributed by atoms with E-state index in [1.54, 1.807) is 7.11 Å². The minimum Gasteiger partial charge on any atom is -0.496 e. The summed E-state index contributed by atoms with van der Waals surface area (Å²) in [6, 6.07) is 5.70. The summed E-state index contributed by atoms with van der Waals surface area (Å²) >= 11 is 4.51. The second-order valence-corrected chi connectivity index (χ2v) is 8.23. The zero-order valence-corrected chi connectivity index (χ0v) is 17.0. The number of ether oxygens (including phenoxy) is 1. The Balaban J connectivity index is 1.52. The number of nitrogens with zero attached hydrogens (tertiary/aromatic N) is 2. The molecule has 140 valence electrons. The van der Waals surface area contributed by atoms with Crippen molar-refractivity contribution in [3.05, 3.63) is 28.2 Å². The summed E-state index contributed by atoms with van der Waals surface area (Å²) in [5.41, 5.74) is 0.996. The third-order valence-electron chi connectivity index (χ3n) is 4.82. The SMILES string of the molecule is COc1ccc(Br)cc1CCC(=O)N1CCC(N2C(=O)CSC2=O)CC1. The van der Waals surface area contributed by atoms with Crippen molar-refractivity contribution in [2.24, 2.45) is 0 Å². The highest BCUT2D eigenvalue weighted by Crippen LogP contribution is 2.28. The smallest absolute Gasteiger partial charge is 0.289 e. The lowest BCUT2D eigenvalue weighted by Gasteiger charge is -2.35. The Morgan fingerprint density at radius 1 is 1.31 bits per heavy atom. The summed E-state index contributed by atoms with van der Waals surface area (Å²) < 4.78 is 6.31. The van der Waals surface area contributed by atoms with E-state index in [0.717, 1.165) is 27.5 Å². The van der Waals surface area contributed by atoms with Gasteiger partial charge in [0.25, 0.3) is 5.24 Å². The van der Waals surface area contributed by atoms with Crippen LogP contribution >= 0.6 is 27.7 Å². The fraction of sp³-hybridized carbons (Fsp3) is 0.500. The zero-order valence-electron chi connectivity index (χ0n) is 14.6. The molecule has 3 rings (SSSR count). The molecule has 8 heteroatoms. The zero-order chi connectivity index (χ0) is 18.7. The van der Waals surface area contributed by atoms with Gasteiger partial charge in [0, 0.05) is 30.0 Å². The van der Waals surface area contributed by atoms with E-state index in [-0.39, 0.29) is 28.8 Å². The maximum Gasteiger partial charge on any atom is 0.289 e. The highest BCUT2D eigenvalue weighted by atomic mass is 79.9. The number of rotatable bonds is 5. The quantitative estimate of drug-likeness (QED) is 0.703. The average molecular weight is 441 g/mol. The van der Waals surface area contributed by atoms with E-state index in [1.807, 2.05) is 23.1 Å². The van der Waals surface area contributed by atoms with Gasteiger partial charge in [-0.3, -0.25) is 19.3 Å². The van der Waals surface area contributed by atoms with E-state index in [1.165, 1.54) is 4.90 Å². The number of carbonyl (C=O) groups is 3. The number of hydrogen-bond acceptors (Lipinski definition) is 5. The molecule has 1 aromatic rings. The molecule has 0 aliphatic carbocycles. The van der Waals surface area contributed by atoms with Gasteiger partial charge >= 0.3 is 0 Å². The van der Waals surface area contributed by atoms with Gasteiger partial charge in [-0.1, -0.05) is 27.7 Å². The number of carbonyl (C=O) groups excluding carboxylic acids is 3. The van der Waals surface area contributed by atoms with Crippen LogP contribution in [0.3, 0.4) is 0 Å². The molecule has 0 atom stereocenters. The molecule has 1 aromatic carbocycles. The standard InChI is InChI=1S/C18H21BrN2O4S/c1-25-15-4-3-13(19)10-12(15)2-5-16(22)20-8-6-14(7-9-20)21-17(23)11-26-18(21)24/h3-4,10,14H,2,5-9,11H2,1H3. The lowest BCUT2D eigenvalue weighted by atomic mass is 10.0. The second-order valence-electron chi connectivity index (χ2n) is 6.39. The number of benzene rings is 1. The molecular weight excluding hydrogens is 420 g/mol. The third-order valence-corrected chi connectivity index (χ3v) is 6.15. The number of likely N-dealkylation sites (tertiary alicyclic amines) is 1. The first-order valence-electron chi connectivity index (χ1n) is 8.58. The molecule has 0 spiro atoms. The monoisotopic (exact) mass is 440 g/mol. The molecule has 0 bridgehead atoms. The van der Waals surface area contributed by atoms with Gasteiger partial charge in [0.05, 0.1) is 12.9 Å². The van der Waals surface area contributed by atoms with Crippen LogP contribution in [0.25, 0.3) is 0 Å². The van der Waals surface area contributed by atoms with Crippen molar-refractivity contribution in [2.75, 3.05) is 26.0 Å². The number of aryl methyl sites for hydroxylation is 1. The number of piperidine rings is 1. The number of imide groups is 1. The maximum atomic E-state index is 12.5. The van der Waals surface area contributed by atoms with E-state index in [4.69, 9.17) is 4.74 Å². The van der Waals surface area contributed by atoms with Crippen LogP contribution < -0.4 is 4.74 Å². The van der Waals surface area contributed by atoms with Gasteiger partial charge in [-0.2, -0.15) is 0 Å². The molecule has 2 aliphatic heterocycles. The number of amides is 3. The predicted molar refractivity (Wildman–Crippen MR) is 103 cm³/mol. The van der Waals surface area contributed by atoms with E-state index in [9.17, 15) is 14.4 Å². The summed E-state index contributed by atoms with van der Waals surface area (Å²) in [7, 11) is 1.62. The van der Waals surface area contributed by atoms with Gasteiger partial charge in [-0.05, 0) is 43.0 Å². The topological polar surface area (TPSA) is 66.9 Å². The number of thioether (sulfide) groups is 1. The Kier molecular flexibility index (Phi) is 6.24. The van der Waals surface area contributed by atoms with Crippen molar-refractivity contribution in [3.63, 3.8) is 0 Å². The van der Waals surface area contributed by atoms with Crippen molar-refractivity contribution in [1.29, 1.82) is 0 Å². The van der Waals surface area contributed by atoms with Crippen molar-refractivity contribution in [1.82, 2.24) is 9.80 Å². The van der Waals surface area contributed by atoms with Crippen LogP contribution in [0.4, 0.5) is 4.79 Å². The lowest BCUT2D eigenvalue weighted by molar-refractivity contribution is -0.133. The first-order chi connectivity index (χ1) is 12.5. The molecule has 26 heavy (non-hydrogen) atoms. The summed E-state index contributed by atoms with van der Waals surface area (Å²) in [5.74, 6) is 1.01. The van der Waals surface area contributed by atoms with Crippen molar-refractivity contribution in [2.45, 2.75) is 31.7 Å². The normalized spacial score (nSPS) is 18.5. The maximum absolute atomic E-state index is 12.5. The van der Waals surface area contributed by atoms with Crippen molar-refractivity contribution < 1.29 is 19.1 Å². The van der Waals surface area contributed by atoms with Gasteiger partial charge in [-0.15, -0.1) is 0 Å². The number of halogens is 1. The highest BCUT2D eigenvalue weighted by Gasteiger charge is 2.37. The highest BCUT2D eigenvalue weighted by molar-refractivity contribution is 9.10. The molecule has 2 fully saturated rings. The molecule has 3 amide bonds. The predicted octanol–water partition coefficient (Wildman–Crippen LogP) is 3.08. The van der Waals surface area contributed by atoms with Crippen LogP contribution in [0.1, 0.15) is 24.8 Å². The molecule has 2 saturated heterocycles. The Bertz CT molecular complexity index is 703. The molecule has 0 radical (unpaired) electrons. The van der Waals surface area contributed by atoms with E-state index in [2.05, 4.69) is 15.9 Å². The van der Waals surface area contributed by atoms with Gasteiger partial charge in [0.1, 0.15) is 5.75 Å². The van der Waals surface area contributed by atoms with E-state index in [0.29, 0.717) is 38.8 Å². The van der Waals surface area contributed by atoms with Crippen LogP contribution in [-0.4, -0.2) is 58.8 Å². The summed E-state index contributed by atoms with van der Waals surface area (Å²) in [6.45, 7) is 1.17. The first kappa shape index (κ1) is 19.2. The summed E-state index contributed by atoms with van der Waals surface area (Å²) in [6.07, 6.45) is 2.34. The minimum atomic E-state index is -0.151. The summed E-state index contributed by atoms with van der Waals surface area (Å²) in [5, 5.41) is -0.151. The molecule has 2 heterocycles. The van der Waals surface area contributed by atoms with E-state index < -0.39 is 0 Å². The number of methoxy groups -OCH3 is 1. The molecular formula is C18H21BrN2O4S. The van der Waals surface area contributed by atoms with Crippen LogP contribution in [0.15, 0.2) is 22.7 Å². The molecule has 2 aliphatic rings. The minimum absolute atomic E-state index is 0.0702. The molecule has 0 saturated carbocycles. The Labute approximate surface area is 165 Å². The average Bonchev–Trinajstić information content (AvgIpc) is 2.98. The Morgan fingerprint density at radius 2 is 2.04 bits per heavy atom. The lowest BCUT2D eigenvalue weighted by Crippen LogP contribution is -2.48. The fourth-order valence-electron chi connectivity index (χ4n) is 3.43. The van der Waals surface area contributed by atoms with Crippen LogP contribution in [-0.2, 0) is 16.0 Å². The first-order valence-corrected chi connectivity index (χ1v) is 10.4. The third kappa shape index (κ3) is 4.23. The second kappa shape index (κ2) is 8.43. The molecule has 0 N–H and O–H groups in total. The van der Waals surface area contributed by atoms with Gasteiger partial charge in [0.15, 0.2) is 0 Å². The Morgan fingerprint density at radius 3 is 2.65 bits per heavy atom. The fourth-order valence-corrected chi connectivity index (χ4v) is 4.62. The van der Waals surface area contributed by atoms with Crippen LogP contribution in [0.2, 0.25) is 0 Å². The number of hydrogen-bond donors (Lipinski definition) is 0. The van der Waals surface area contributed by atoms with Crippen LogP contribution in [0, 0.1) is 0 Å². The Hall–Kier alpha value is -1.54. The van der Waals surface area contributed by atoms with Gasteiger partial charge in [0.2, 0.25) is 11.8 Å². The molecule has 0 unspecified atom stereocenters. The van der Waals surface area contributed by atoms with Crippen molar-refractivity contribution >= 4 is 44.7 Å². The largest absolute Gasteiger partial charge is 0.496 e. The molecule has 6 nitrogen and oxygen atoms in total. The molecule has 0 aromatic heterocycles.